The minimum Gasteiger partial charge on any atom is -0.462 e. The van der Waals surface area contributed by atoms with Gasteiger partial charge in [0, 0.05) is 25.1 Å². The molecule has 122 valence electrons. The minimum atomic E-state index is -0.381. The lowest BCUT2D eigenvalue weighted by Crippen LogP contribution is -2.12. The summed E-state index contributed by atoms with van der Waals surface area (Å²) in [5, 5.41) is 7.49. The third kappa shape index (κ3) is 3.43. The first-order chi connectivity index (χ1) is 11.8. The van der Waals surface area contributed by atoms with Gasteiger partial charge < -0.3 is 10.1 Å². The number of carbonyl (C=O) groups excluding carboxylic acids is 1. The number of nitrogens with zero attached hydrogens (tertiary/aromatic N) is 3. The summed E-state index contributed by atoms with van der Waals surface area (Å²) >= 11 is 0. The highest BCUT2D eigenvalue weighted by Crippen LogP contribution is 2.18. The molecule has 0 fully saturated rings. The quantitative estimate of drug-likeness (QED) is 0.706. The summed E-state index contributed by atoms with van der Waals surface area (Å²) in [5.41, 5.74) is 2.45. The molecule has 0 amide bonds. The highest BCUT2D eigenvalue weighted by Gasteiger charge is 2.13. The van der Waals surface area contributed by atoms with Gasteiger partial charge >= 0.3 is 5.97 Å². The van der Waals surface area contributed by atoms with Crippen molar-refractivity contribution in [2.45, 2.75) is 13.5 Å². The number of anilines is 1. The Kier molecular flexibility index (Phi) is 4.86. The number of benzene rings is 1. The largest absolute Gasteiger partial charge is 0.462 e. The third-order valence-corrected chi connectivity index (χ3v) is 3.49. The molecule has 0 aliphatic heterocycles. The number of para-hydroxylation sites is 1. The highest BCUT2D eigenvalue weighted by atomic mass is 16.5. The molecule has 0 radical (unpaired) electrons. The normalized spacial score (nSPS) is 10.4. The first-order valence-corrected chi connectivity index (χ1v) is 7.73. The summed E-state index contributed by atoms with van der Waals surface area (Å²) in [6, 6.07) is 13.2. The van der Waals surface area contributed by atoms with Gasteiger partial charge in [-0.2, -0.15) is 5.10 Å². The Morgan fingerprint density at radius 1 is 1.17 bits per heavy atom. The Morgan fingerprint density at radius 3 is 2.83 bits per heavy atom. The SMILES string of the molecule is CCOC(=O)c1cccnc1NCc1ccccc1-n1cccn1. The summed E-state index contributed by atoms with van der Waals surface area (Å²) in [7, 11) is 0. The van der Waals surface area contributed by atoms with Gasteiger partial charge in [0.05, 0.1) is 12.3 Å². The topological polar surface area (TPSA) is 69.0 Å². The number of esters is 1. The average molecular weight is 322 g/mol. The molecule has 0 atom stereocenters. The lowest BCUT2D eigenvalue weighted by molar-refractivity contribution is 0.0527. The molecule has 3 rings (SSSR count). The second kappa shape index (κ2) is 7.41. The fourth-order valence-corrected chi connectivity index (χ4v) is 2.39. The van der Waals surface area contributed by atoms with Gasteiger partial charge in [0.15, 0.2) is 0 Å². The zero-order chi connectivity index (χ0) is 16.8. The number of pyridine rings is 1. The van der Waals surface area contributed by atoms with Gasteiger partial charge in [-0.15, -0.1) is 0 Å². The van der Waals surface area contributed by atoms with Crippen LogP contribution in [0.15, 0.2) is 61.1 Å². The van der Waals surface area contributed by atoms with Crippen molar-refractivity contribution in [2.75, 3.05) is 11.9 Å². The number of rotatable bonds is 6. The van der Waals surface area contributed by atoms with Crippen LogP contribution in [0.3, 0.4) is 0 Å². The maximum absolute atomic E-state index is 12.0. The van der Waals surface area contributed by atoms with Gasteiger partial charge in [0.25, 0.3) is 0 Å². The van der Waals surface area contributed by atoms with E-state index in [0.717, 1.165) is 11.3 Å². The number of hydrogen-bond acceptors (Lipinski definition) is 5. The smallest absolute Gasteiger partial charge is 0.341 e. The molecular formula is C18H18N4O2. The first-order valence-electron chi connectivity index (χ1n) is 7.73. The molecule has 2 aromatic heterocycles. The second-order valence-corrected chi connectivity index (χ2v) is 5.05. The lowest BCUT2D eigenvalue weighted by Gasteiger charge is -2.13. The average Bonchev–Trinajstić information content (AvgIpc) is 3.15. The van der Waals surface area contributed by atoms with Gasteiger partial charge in [-0.3, -0.25) is 0 Å². The Bertz CT molecular complexity index is 815. The van der Waals surface area contributed by atoms with E-state index in [1.807, 2.05) is 41.2 Å². The molecule has 1 N–H and O–H groups in total. The van der Waals surface area contributed by atoms with E-state index >= 15 is 0 Å². The molecular weight excluding hydrogens is 304 g/mol. The Labute approximate surface area is 140 Å². The van der Waals surface area contributed by atoms with Crippen LogP contribution in [0.25, 0.3) is 5.69 Å². The Morgan fingerprint density at radius 2 is 2.04 bits per heavy atom. The second-order valence-electron chi connectivity index (χ2n) is 5.05. The van der Waals surface area contributed by atoms with Gasteiger partial charge in [-0.05, 0) is 36.8 Å². The van der Waals surface area contributed by atoms with E-state index in [1.165, 1.54) is 0 Å². The van der Waals surface area contributed by atoms with E-state index in [0.29, 0.717) is 24.5 Å². The molecule has 0 unspecified atom stereocenters. The number of ether oxygens (including phenoxy) is 1. The van der Waals surface area contributed by atoms with Gasteiger partial charge in [0.1, 0.15) is 11.4 Å². The number of nitrogens with one attached hydrogen (secondary N) is 1. The lowest BCUT2D eigenvalue weighted by atomic mass is 10.1. The molecule has 6 heteroatoms. The molecule has 0 spiro atoms. The number of aromatic nitrogens is 3. The molecule has 0 saturated heterocycles. The van der Waals surface area contributed by atoms with Crippen molar-refractivity contribution in [3.05, 3.63) is 72.2 Å². The molecule has 0 saturated carbocycles. The fraction of sp³-hybridized carbons (Fsp3) is 0.167. The molecule has 3 aromatic rings. The van der Waals surface area contributed by atoms with Crippen LogP contribution >= 0.6 is 0 Å². The Hall–Kier alpha value is -3.15. The van der Waals surface area contributed by atoms with E-state index in [-0.39, 0.29) is 5.97 Å². The van der Waals surface area contributed by atoms with Crippen LogP contribution in [-0.2, 0) is 11.3 Å². The summed E-state index contributed by atoms with van der Waals surface area (Å²) in [6.07, 6.45) is 5.27. The van der Waals surface area contributed by atoms with E-state index in [4.69, 9.17) is 4.74 Å². The molecule has 6 nitrogen and oxygen atoms in total. The summed E-state index contributed by atoms with van der Waals surface area (Å²) in [6.45, 7) is 2.62. The standard InChI is InChI=1S/C18H18N4O2/c1-2-24-18(23)15-8-5-10-19-17(15)20-13-14-7-3-4-9-16(14)22-12-6-11-21-22/h3-12H,2,13H2,1H3,(H,19,20). The predicted molar refractivity (Wildman–Crippen MR) is 91.1 cm³/mol. The molecule has 0 bridgehead atoms. The van der Waals surface area contributed by atoms with Crippen LogP contribution in [-0.4, -0.2) is 27.3 Å². The first kappa shape index (κ1) is 15.7. The summed E-state index contributed by atoms with van der Waals surface area (Å²) < 4.78 is 6.88. The van der Waals surface area contributed by atoms with Crippen molar-refractivity contribution in [1.29, 1.82) is 0 Å². The van der Waals surface area contributed by atoms with Gasteiger partial charge in [0.2, 0.25) is 0 Å². The van der Waals surface area contributed by atoms with Crippen molar-refractivity contribution in [3.8, 4) is 5.69 Å². The van der Waals surface area contributed by atoms with Crippen molar-refractivity contribution in [1.82, 2.24) is 14.8 Å². The summed E-state index contributed by atoms with van der Waals surface area (Å²) in [4.78, 5) is 16.3. The number of hydrogen-bond donors (Lipinski definition) is 1. The van der Waals surface area contributed by atoms with Crippen molar-refractivity contribution in [3.63, 3.8) is 0 Å². The van der Waals surface area contributed by atoms with Gasteiger partial charge in [-0.25, -0.2) is 14.5 Å². The van der Waals surface area contributed by atoms with Crippen molar-refractivity contribution < 1.29 is 9.53 Å². The maximum atomic E-state index is 12.0. The molecule has 2 heterocycles. The fourth-order valence-electron chi connectivity index (χ4n) is 2.39. The minimum absolute atomic E-state index is 0.329. The van der Waals surface area contributed by atoms with Gasteiger partial charge in [-0.1, -0.05) is 18.2 Å². The number of carbonyl (C=O) groups is 1. The van der Waals surface area contributed by atoms with Crippen LogP contribution in [0.2, 0.25) is 0 Å². The zero-order valence-electron chi connectivity index (χ0n) is 13.3. The maximum Gasteiger partial charge on any atom is 0.341 e. The van der Waals surface area contributed by atoms with Crippen LogP contribution < -0.4 is 5.32 Å². The molecule has 0 aliphatic rings. The van der Waals surface area contributed by atoms with Crippen LogP contribution in [0.1, 0.15) is 22.8 Å². The monoisotopic (exact) mass is 322 g/mol. The third-order valence-electron chi connectivity index (χ3n) is 3.49. The zero-order valence-corrected chi connectivity index (χ0v) is 13.3. The van der Waals surface area contributed by atoms with Crippen molar-refractivity contribution >= 4 is 11.8 Å². The highest BCUT2D eigenvalue weighted by molar-refractivity contribution is 5.94. The van der Waals surface area contributed by atoms with E-state index in [9.17, 15) is 4.79 Å². The summed E-state index contributed by atoms with van der Waals surface area (Å²) in [5.74, 6) is 0.125. The van der Waals surface area contributed by atoms with E-state index < -0.39 is 0 Å². The van der Waals surface area contributed by atoms with E-state index in [1.54, 1.807) is 31.5 Å². The van der Waals surface area contributed by atoms with Crippen LogP contribution in [0, 0.1) is 0 Å². The Balaban J connectivity index is 1.82. The van der Waals surface area contributed by atoms with E-state index in [2.05, 4.69) is 15.4 Å². The molecule has 1 aromatic carbocycles. The molecule has 0 aliphatic carbocycles. The van der Waals surface area contributed by atoms with Crippen molar-refractivity contribution in [2.24, 2.45) is 0 Å². The molecule has 24 heavy (non-hydrogen) atoms. The van der Waals surface area contributed by atoms with Crippen LogP contribution in [0.5, 0.6) is 0 Å². The predicted octanol–water partition coefficient (Wildman–Crippen LogP) is 3.06. The van der Waals surface area contributed by atoms with Crippen LogP contribution in [0.4, 0.5) is 5.82 Å².